The number of fused-ring (bicyclic) bond motifs is 1. The summed E-state index contributed by atoms with van der Waals surface area (Å²) in [5, 5.41) is 7.08. The lowest BCUT2D eigenvalue weighted by Gasteiger charge is -2.09. The van der Waals surface area contributed by atoms with Crippen LogP contribution in [0.15, 0.2) is 42.7 Å². The van der Waals surface area contributed by atoms with Gasteiger partial charge in [-0.1, -0.05) is 23.7 Å². The Morgan fingerprint density at radius 1 is 1.29 bits per heavy atom. The van der Waals surface area contributed by atoms with Crippen LogP contribution in [0.5, 0.6) is 0 Å². The van der Waals surface area contributed by atoms with Gasteiger partial charge < -0.3 is 20.4 Å². The summed E-state index contributed by atoms with van der Waals surface area (Å²) in [6, 6.07) is 9.00. The second kappa shape index (κ2) is 7.33. The van der Waals surface area contributed by atoms with Crippen LogP contribution in [0.3, 0.4) is 0 Å². The third-order valence-electron chi connectivity index (χ3n) is 3.58. The van der Waals surface area contributed by atoms with Gasteiger partial charge in [-0.25, -0.2) is 4.79 Å². The van der Waals surface area contributed by atoms with Gasteiger partial charge in [0.15, 0.2) is 0 Å². The normalized spacial score (nSPS) is 10.8. The van der Waals surface area contributed by atoms with Gasteiger partial charge in [-0.2, -0.15) is 0 Å². The number of hydrogen-bond acceptors (Lipinski definition) is 3. The lowest BCUT2D eigenvalue weighted by molar-refractivity contribution is 0.198. The van der Waals surface area contributed by atoms with Gasteiger partial charge >= 0.3 is 6.03 Å². The van der Waals surface area contributed by atoms with Crippen LogP contribution in [-0.2, 0) is 4.74 Å². The number of anilines is 1. The summed E-state index contributed by atoms with van der Waals surface area (Å²) in [7, 11) is 1.59. The number of halogens is 1. The van der Waals surface area contributed by atoms with Crippen LogP contribution in [0.25, 0.3) is 22.2 Å². The topological polar surface area (TPSA) is 79.0 Å². The monoisotopic (exact) mass is 344 g/mol. The summed E-state index contributed by atoms with van der Waals surface area (Å²) in [6.45, 7) is 0.875. The molecule has 0 bridgehead atoms. The van der Waals surface area contributed by atoms with Crippen LogP contribution < -0.4 is 10.6 Å². The van der Waals surface area contributed by atoms with Gasteiger partial charge in [0.2, 0.25) is 0 Å². The maximum absolute atomic E-state index is 12.2. The minimum absolute atomic E-state index is 0.303. The number of rotatable bonds is 5. The first-order valence-electron chi connectivity index (χ1n) is 7.45. The summed E-state index contributed by atoms with van der Waals surface area (Å²) in [5.74, 6) is 0. The van der Waals surface area contributed by atoms with E-state index in [1.54, 1.807) is 25.6 Å². The maximum Gasteiger partial charge on any atom is 0.319 e. The number of pyridine rings is 1. The summed E-state index contributed by atoms with van der Waals surface area (Å²) < 4.78 is 4.93. The third-order valence-corrected chi connectivity index (χ3v) is 3.90. The van der Waals surface area contributed by atoms with E-state index in [2.05, 4.69) is 20.6 Å². The number of H-pyrrole nitrogens is 1. The number of nitrogens with zero attached hydrogens (tertiary/aromatic N) is 1. The van der Waals surface area contributed by atoms with E-state index in [0.717, 1.165) is 22.2 Å². The molecule has 2 heterocycles. The fourth-order valence-corrected chi connectivity index (χ4v) is 2.69. The number of aromatic nitrogens is 2. The number of methoxy groups -OCH3 is 1. The average molecular weight is 345 g/mol. The summed E-state index contributed by atoms with van der Waals surface area (Å²) in [4.78, 5) is 19.5. The molecule has 3 rings (SSSR count). The molecule has 3 aromatic rings. The highest BCUT2D eigenvalue weighted by Crippen LogP contribution is 2.37. The predicted octanol–water partition coefficient (Wildman–Crippen LogP) is 3.65. The number of carbonyl (C=O) groups excluding carboxylic acids is 1. The minimum Gasteiger partial charge on any atom is -0.383 e. The smallest absolute Gasteiger partial charge is 0.319 e. The zero-order valence-corrected chi connectivity index (χ0v) is 13.9. The molecule has 124 valence electrons. The van der Waals surface area contributed by atoms with E-state index in [1.165, 1.54) is 0 Å². The van der Waals surface area contributed by atoms with Crippen molar-refractivity contribution in [2.75, 3.05) is 25.6 Å². The number of urea groups is 1. The molecule has 2 aromatic heterocycles. The van der Waals surface area contributed by atoms with E-state index in [4.69, 9.17) is 16.3 Å². The van der Waals surface area contributed by atoms with E-state index in [-0.39, 0.29) is 6.03 Å². The fraction of sp³-hybridized carbons (Fsp3) is 0.176. The molecule has 0 aliphatic rings. The van der Waals surface area contributed by atoms with Crippen LogP contribution in [0.1, 0.15) is 0 Å². The van der Waals surface area contributed by atoms with Gasteiger partial charge in [-0.15, -0.1) is 0 Å². The van der Waals surface area contributed by atoms with Crippen molar-refractivity contribution < 1.29 is 9.53 Å². The highest BCUT2D eigenvalue weighted by Gasteiger charge is 2.16. The number of aromatic amines is 1. The Morgan fingerprint density at radius 3 is 2.83 bits per heavy atom. The first-order chi connectivity index (χ1) is 11.7. The molecule has 7 heteroatoms. The molecule has 1 aromatic carbocycles. The van der Waals surface area contributed by atoms with Crippen molar-refractivity contribution in [3.8, 4) is 11.3 Å². The fourth-order valence-electron chi connectivity index (χ4n) is 2.47. The van der Waals surface area contributed by atoms with Crippen molar-refractivity contribution in [1.29, 1.82) is 0 Å². The highest BCUT2D eigenvalue weighted by molar-refractivity contribution is 6.36. The quantitative estimate of drug-likeness (QED) is 0.618. The van der Waals surface area contributed by atoms with Crippen LogP contribution in [0, 0.1) is 0 Å². The largest absolute Gasteiger partial charge is 0.383 e. The van der Waals surface area contributed by atoms with Crippen molar-refractivity contribution in [3.63, 3.8) is 0 Å². The molecule has 0 aliphatic heterocycles. The number of carbonyl (C=O) groups is 1. The van der Waals surface area contributed by atoms with Crippen LogP contribution in [0.4, 0.5) is 10.5 Å². The van der Waals surface area contributed by atoms with E-state index in [9.17, 15) is 4.79 Å². The van der Waals surface area contributed by atoms with Crippen molar-refractivity contribution >= 4 is 34.2 Å². The summed E-state index contributed by atoms with van der Waals surface area (Å²) in [6.07, 6.45) is 3.40. The molecule has 0 saturated carbocycles. The summed E-state index contributed by atoms with van der Waals surface area (Å²) >= 11 is 6.28. The van der Waals surface area contributed by atoms with Gasteiger partial charge in [0.05, 0.1) is 28.5 Å². The van der Waals surface area contributed by atoms with Crippen molar-refractivity contribution in [2.45, 2.75) is 0 Å². The van der Waals surface area contributed by atoms with E-state index in [1.807, 2.05) is 24.3 Å². The molecule has 0 aliphatic carbocycles. The molecule has 0 fully saturated rings. The van der Waals surface area contributed by atoms with Crippen LogP contribution in [-0.4, -0.2) is 36.3 Å². The predicted molar refractivity (Wildman–Crippen MR) is 95.4 cm³/mol. The number of benzene rings is 1. The van der Waals surface area contributed by atoms with Crippen LogP contribution >= 0.6 is 11.6 Å². The number of para-hydroxylation sites is 1. The second-order valence-corrected chi connectivity index (χ2v) is 5.55. The Labute approximate surface area is 144 Å². The minimum atomic E-state index is -0.303. The van der Waals surface area contributed by atoms with Gasteiger partial charge in [0, 0.05) is 37.0 Å². The highest BCUT2D eigenvalue weighted by atomic mass is 35.5. The molecule has 0 unspecified atom stereocenters. The molecule has 0 saturated heterocycles. The maximum atomic E-state index is 12.2. The number of nitrogens with one attached hydrogen (secondary N) is 3. The Hall–Kier alpha value is -2.57. The third kappa shape index (κ3) is 3.34. The molecule has 6 nitrogen and oxygen atoms in total. The first kappa shape index (κ1) is 16.3. The zero-order chi connectivity index (χ0) is 16.9. The molecule has 0 radical (unpaired) electrons. The van der Waals surface area contributed by atoms with Crippen molar-refractivity contribution in [1.82, 2.24) is 15.3 Å². The SMILES string of the molecule is COCCNC(=O)Nc1c(-c2ccncc2)[nH]c2c(Cl)cccc12. The van der Waals surface area contributed by atoms with Gasteiger partial charge in [0.25, 0.3) is 0 Å². The molecule has 24 heavy (non-hydrogen) atoms. The first-order valence-corrected chi connectivity index (χ1v) is 7.83. The van der Waals surface area contributed by atoms with E-state index >= 15 is 0 Å². The molecular weight excluding hydrogens is 328 g/mol. The molecular formula is C17H17ClN4O2. The number of ether oxygens (including phenoxy) is 1. The van der Waals surface area contributed by atoms with Gasteiger partial charge in [0.1, 0.15) is 0 Å². The number of hydrogen-bond donors (Lipinski definition) is 3. The molecule has 0 atom stereocenters. The van der Waals surface area contributed by atoms with Gasteiger partial charge in [-0.05, 0) is 18.2 Å². The van der Waals surface area contributed by atoms with Gasteiger partial charge in [-0.3, -0.25) is 4.98 Å². The van der Waals surface area contributed by atoms with E-state index in [0.29, 0.717) is 23.9 Å². The second-order valence-electron chi connectivity index (χ2n) is 5.15. The van der Waals surface area contributed by atoms with Crippen LogP contribution in [0.2, 0.25) is 5.02 Å². The Bertz CT molecular complexity index is 848. The zero-order valence-electron chi connectivity index (χ0n) is 13.1. The Kier molecular flexibility index (Phi) is 4.98. The molecule has 2 amide bonds. The van der Waals surface area contributed by atoms with Crippen molar-refractivity contribution in [2.24, 2.45) is 0 Å². The lowest BCUT2D eigenvalue weighted by atomic mass is 10.1. The average Bonchev–Trinajstić information content (AvgIpc) is 2.96. The van der Waals surface area contributed by atoms with E-state index < -0.39 is 0 Å². The summed E-state index contributed by atoms with van der Waals surface area (Å²) in [5.41, 5.74) is 3.14. The standard InChI is InChI=1S/C17H17ClN4O2/c1-24-10-9-20-17(23)22-16-12-3-2-4-13(18)15(12)21-14(16)11-5-7-19-8-6-11/h2-8,21H,9-10H2,1H3,(H2,20,22,23). The van der Waals surface area contributed by atoms with Crippen molar-refractivity contribution in [3.05, 3.63) is 47.7 Å². The molecule has 3 N–H and O–H groups in total. The Morgan fingerprint density at radius 2 is 2.08 bits per heavy atom. The Balaban J connectivity index is 2.01. The lowest BCUT2D eigenvalue weighted by Crippen LogP contribution is -2.31. The molecule has 0 spiro atoms. The number of amides is 2.